The van der Waals surface area contributed by atoms with Gasteiger partial charge in [-0.2, -0.15) is 10.1 Å². The highest BCUT2D eigenvalue weighted by atomic mass is 19.3. The number of fused-ring (bicyclic) bond motifs is 1. The summed E-state index contributed by atoms with van der Waals surface area (Å²) in [6.45, 7) is 2.83. The number of piperidine rings is 1. The molecule has 1 saturated carbocycles. The predicted octanol–water partition coefficient (Wildman–Crippen LogP) is 1.95. The van der Waals surface area contributed by atoms with E-state index in [1.54, 1.807) is 19.2 Å². The molecule has 4 heterocycles. The SMILES string of the molecule is Cc1nc(N)ccc1-c1[nH]nc2nc(N3CCC4(CC3)CC(F)(F)CC4N)n(C)c(=O)c12. The Morgan fingerprint density at radius 3 is 2.56 bits per heavy atom. The van der Waals surface area contributed by atoms with Crippen molar-refractivity contribution < 1.29 is 8.78 Å². The number of aromatic amines is 1. The summed E-state index contributed by atoms with van der Waals surface area (Å²) in [5, 5.41) is 7.55. The number of anilines is 2. The fourth-order valence-electron chi connectivity index (χ4n) is 5.32. The number of alkyl halides is 2. The van der Waals surface area contributed by atoms with Gasteiger partial charge in [0.2, 0.25) is 11.9 Å². The molecule has 1 unspecified atom stereocenters. The van der Waals surface area contributed by atoms with E-state index in [9.17, 15) is 13.6 Å². The Kier molecular flexibility index (Phi) is 4.52. The number of nitrogens with one attached hydrogen (secondary N) is 1. The van der Waals surface area contributed by atoms with E-state index in [4.69, 9.17) is 11.5 Å². The van der Waals surface area contributed by atoms with Gasteiger partial charge < -0.3 is 16.4 Å². The number of pyridine rings is 1. The van der Waals surface area contributed by atoms with Gasteiger partial charge in [0.1, 0.15) is 11.2 Å². The van der Waals surface area contributed by atoms with Crippen LogP contribution in [0.25, 0.3) is 22.3 Å². The van der Waals surface area contributed by atoms with Crippen LogP contribution in [-0.4, -0.2) is 49.8 Å². The average molecular weight is 444 g/mol. The molecular formula is C21H26F2N8O. The van der Waals surface area contributed by atoms with E-state index in [1.807, 2.05) is 11.8 Å². The van der Waals surface area contributed by atoms with Crippen LogP contribution in [0.4, 0.5) is 20.5 Å². The molecule has 0 aromatic carbocycles. The first-order valence-corrected chi connectivity index (χ1v) is 10.7. The molecule has 1 spiro atoms. The number of aryl methyl sites for hydroxylation is 1. The van der Waals surface area contributed by atoms with Crippen molar-refractivity contribution in [3.63, 3.8) is 0 Å². The Labute approximate surface area is 182 Å². The molecule has 1 saturated heterocycles. The summed E-state index contributed by atoms with van der Waals surface area (Å²) in [7, 11) is 1.66. The molecule has 5 rings (SSSR count). The third kappa shape index (κ3) is 3.14. The second-order valence-electron chi connectivity index (χ2n) is 9.14. The first-order chi connectivity index (χ1) is 15.1. The molecule has 5 N–H and O–H groups in total. The standard InChI is InChI=1S/C21H26F2N8O/c1-11-12(3-4-14(25)26-11)16-15-17(29-28-16)27-19(30(2)18(15)32)31-7-5-20(6-8-31)10-21(22,23)9-13(20)24/h3-4,13H,5-10,24H2,1-2H3,(H2,25,26)(H,28,29). The Morgan fingerprint density at radius 2 is 1.94 bits per heavy atom. The van der Waals surface area contributed by atoms with Gasteiger partial charge in [0.15, 0.2) is 5.65 Å². The molecule has 0 radical (unpaired) electrons. The molecule has 1 atom stereocenters. The maximum atomic E-state index is 14.0. The Hall–Kier alpha value is -3.08. The Morgan fingerprint density at radius 1 is 1.22 bits per heavy atom. The second kappa shape index (κ2) is 6.96. The van der Waals surface area contributed by atoms with Crippen molar-refractivity contribution in [3.8, 4) is 11.3 Å². The molecule has 2 fully saturated rings. The van der Waals surface area contributed by atoms with Crippen molar-refractivity contribution in [2.24, 2.45) is 18.2 Å². The van der Waals surface area contributed by atoms with Gasteiger partial charge in [0.05, 0.1) is 5.69 Å². The van der Waals surface area contributed by atoms with Gasteiger partial charge in [0.25, 0.3) is 5.56 Å². The minimum Gasteiger partial charge on any atom is -0.384 e. The van der Waals surface area contributed by atoms with Crippen LogP contribution < -0.4 is 21.9 Å². The molecule has 3 aromatic heterocycles. The minimum atomic E-state index is -2.70. The predicted molar refractivity (Wildman–Crippen MR) is 118 cm³/mol. The van der Waals surface area contributed by atoms with Crippen molar-refractivity contribution in [3.05, 3.63) is 28.2 Å². The van der Waals surface area contributed by atoms with Crippen molar-refractivity contribution in [2.75, 3.05) is 23.7 Å². The zero-order chi connectivity index (χ0) is 22.8. The largest absolute Gasteiger partial charge is 0.384 e. The molecule has 11 heteroatoms. The molecule has 9 nitrogen and oxygen atoms in total. The van der Waals surface area contributed by atoms with Crippen LogP contribution in [0.5, 0.6) is 0 Å². The van der Waals surface area contributed by atoms with Crippen molar-refractivity contribution >= 4 is 22.8 Å². The number of nitrogens with zero attached hydrogens (tertiary/aromatic N) is 5. The zero-order valence-electron chi connectivity index (χ0n) is 18.0. The fraction of sp³-hybridized carbons (Fsp3) is 0.524. The highest BCUT2D eigenvalue weighted by Gasteiger charge is 2.55. The fourth-order valence-corrected chi connectivity index (χ4v) is 5.32. The molecule has 1 aliphatic carbocycles. The molecule has 1 aliphatic heterocycles. The highest BCUT2D eigenvalue weighted by molar-refractivity contribution is 5.91. The van der Waals surface area contributed by atoms with Crippen LogP contribution >= 0.6 is 0 Å². The summed E-state index contributed by atoms with van der Waals surface area (Å²) in [5.74, 6) is -1.83. The summed E-state index contributed by atoms with van der Waals surface area (Å²) in [5.41, 5.74) is 13.3. The smallest absolute Gasteiger partial charge is 0.266 e. The van der Waals surface area contributed by atoms with Gasteiger partial charge in [-0.15, -0.1) is 0 Å². The lowest BCUT2D eigenvalue weighted by Crippen LogP contribution is -2.48. The summed E-state index contributed by atoms with van der Waals surface area (Å²) < 4.78 is 29.4. The van der Waals surface area contributed by atoms with Crippen molar-refractivity contribution in [2.45, 2.75) is 44.6 Å². The van der Waals surface area contributed by atoms with Gasteiger partial charge >= 0.3 is 0 Å². The van der Waals surface area contributed by atoms with Crippen LogP contribution in [0.2, 0.25) is 0 Å². The maximum absolute atomic E-state index is 14.0. The van der Waals surface area contributed by atoms with Gasteiger partial charge in [-0.3, -0.25) is 14.5 Å². The van der Waals surface area contributed by atoms with Crippen LogP contribution in [0, 0.1) is 12.3 Å². The number of H-pyrrole nitrogens is 1. The Bertz CT molecular complexity index is 1260. The lowest BCUT2D eigenvalue weighted by molar-refractivity contribution is -0.00686. The molecule has 2 aliphatic rings. The van der Waals surface area contributed by atoms with Crippen LogP contribution in [0.15, 0.2) is 16.9 Å². The lowest BCUT2D eigenvalue weighted by atomic mass is 9.74. The van der Waals surface area contributed by atoms with Crippen molar-refractivity contribution in [1.82, 2.24) is 24.7 Å². The number of rotatable bonds is 2. The van der Waals surface area contributed by atoms with E-state index in [2.05, 4.69) is 20.2 Å². The third-order valence-corrected chi connectivity index (χ3v) is 7.11. The molecule has 0 bridgehead atoms. The highest BCUT2D eigenvalue weighted by Crippen LogP contribution is 2.52. The van der Waals surface area contributed by atoms with E-state index in [-0.39, 0.29) is 18.4 Å². The zero-order valence-corrected chi connectivity index (χ0v) is 18.0. The summed E-state index contributed by atoms with van der Waals surface area (Å²) in [6, 6.07) is 2.95. The van der Waals surface area contributed by atoms with Crippen LogP contribution in [0.3, 0.4) is 0 Å². The van der Waals surface area contributed by atoms with E-state index in [0.717, 1.165) is 5.56 Å². The number of halogens is 2. The monoisotopic (exact) mass is 444 g/mol. The summed E-state index contributed by atoms with van der Waals surface area (Å²) in [4.78, 5) is 24.1. The van der Waals surface area contributed by atoms with E-state index in [1.165, 1.54) is 4.57 Å². The first kappa shape index (κ1) is 20.8. The van der Waals surface area contributed by atoms with Crippen LogP contribution in [-0.2, 0) is 7.05 Å². The van der Waals surface area contributed by atoms with Gasteiger partial charge in [-0.25, -0.2) is 13.8 Å². The molecule has 170 valence electrons. The summed E-state index contributed by atoms with van der Waals surface area (Å²) in [6.07, 6.45) is 0.656. The van der Waals surface area contributed by atoms with E-state index in [0.29, 0.717) is 60.1 Å². The Balaban J connectivity index is 1.48. The van der Waals surface area contributed by atoms with Gasteiger partial charge in [0, 0.05) is 50.3 Å². The first-order valence-electron chi connectivity index (χ1n) is 10.7. The topological polar surface area (TPSA) is 132 Å². The maximum Gasteiger partial charge on any atom is 0.266 e. The van der Waals surface area contributed by atoms with E-state index >= 15 is 0 Å². The molecule has 32 heavy (non-hydrogen) atoms. The second-order valence-corrected chi connectivity index (χ2v) is 9.14. The number of hydrogen-bond acceptors (Lipinski definition) is 7. The normalized spacial score (nSPS) is 22.2. The molecule has 0 amide bonds. The molecular weight excluding hydrogens is 418 g/mol. The van der Waals surface area contributed by atoms with Crippen molar-refractivity contribution in [1.29, 1.82) is 0 Å². The molecule has 3 aromatic rings. The summed E-state index contributed by atoms with van der Waals surface area (Å²) >= 11 is 0. The van der Waals surface area contributed by atoms with E-state index < -0.39 is 17.4 Å². The average Bonchev–Trinajstić information content (AvgIpc) is 3.23. The number of nitrogens with two attached hydrogens (primary N) is 2. The quantitative estimate of drug-likeness (QED) is 0.550. The van der Waals surface area contributed by atoms with Gasteiger partial charge in [-0.05, 0) is 37.3 Å². The van der Waals surface area contributed by atoms with Gasteiger partial charge in [-0.1, -0.05) is 0 Å². The third-order valence-electron chi connectivity index (χ3n) is 7.11. The number of aromatic nitrogens is 5. The number of nitrogen functional groups attached to an aromatic ring is 1. The van der Waals surface area contributed by atoms with Crippen LogP contribution in [0.1, 0.15) is 31.4 Å². The number of hydrogen-bond donors (Lipinski definition) is 3. The lowest BCUT2D eigenvalue weighted by Gasteiger charge is -2.42. The minimum absolute atomic E-state index is 0.169.